The highest BCUT2D eigenvalue weighted by Gasteiger charge is 2.48. The lowest BCUT2D eigenvalue weighted by atomic mass is 9.58. The van der Waals surface area contributed by atoms with Crippen LogP contribution in [0.15, 0.2) is 18.3 Å². The fourth-order valence-corrected chi connectivity index (χ4v) is 3.21. The summed E-state index contributed by atoms with van der Waals surface area (Å²) in [6.45, 7) is 2.03. The summed E-state index contributed by atoms with van der Waals surface area (Å²) in [6, 6.07) is 2.14. The van der Waals surface area contributed by atoms with Crippen LogP contribution in [-0.2, 0) is 4.79 Å². The molecule has 2 N–H and O–H groups in total. The maximum atomic E-state index is 12.1. The average molecular weight is 315 g/mol. The summed E-state index contributed by atoms with van der Waals surface area (Å²) in [5.74, 6) is -0.229. The molecule has 1 aliphatic carbocycles. The zero-order valence-electron chi connectivity index (χ0n) is 11.7. The number of carbonyl (C=O) groups is 1. The van der Waals surface area contributed by atoms with E-state index in [0.717, 1.165) is 44.3 Å². The highest BCUT2D eigenvalue weighted by Crippen LogP contribution is 2.49. The molecule has 3 rings (SSSR count). The number of nitrogens with one attached hydrogen (secondary N) is 2. The highest BCUT2D eigenvalue weighted by molar-refractivity contribution is 5.90. The van der Waals surface area contributed by atoms with E-state index in [1.165, 1.54) is 0 Å². The number of halogens is 3. The Hall–Kier alpha value is -1.83. The normalized spacial score (nSPS) is 20.1. The van der Waals surface area contributed by atoms with Crippen LogP contribution in [0.5, 0.6) is 5.75 Å². The number of carbonyl (C=O) groups excluding carboxylic acids is 1. The molecule has 2 aliphatic rings. The predicted molar refractivity (Wildman–Crippen MR) is 72.2 cm³/mol. The number of pyridine rings is 1. The molecule has 2 fully saturated rings. The van der Waals surface area contributed by atoms with Gasteiger partial charge < -0.3 is 15.4 Å². The summed E-state index contributed by atoms with van der Waals surface area (Å²) < 4.78 is 40.2. The van der Waals surface area contributed by atoms with Crippen LogP contribution in [-0.4, -0.2) is 30.3 Å². The minimum absolute atomic E-state index is 0.0612. The molecule has 0 aromatic carbocycles. The van der Waals surface area contributed by atoms with Crippen molar-refractivity contribution < 1.29 is 22.7 Å². The predicted octanol–water partition coefficient (Wildman–Crippen LogP) is 2.31. The zero-order valence-corrected chi connectivity index (χ0v) is 11.7. The molecule has 0 atom stereocenters. The molecular weight excluding hydrogens is 299 g/mol. The van der Waals surface area contributed by atoms with E-state index in [2.05, 4.69) is 20.4 Å². The van der Waals surface area contributed by atoms with Gasteiger partial charge in [0, 0.05) is 31.8 Å². The van der Waals surface area contributed by atoms with Gasteiger partial charge in [-0.15, -0.1) is 13.2 Å². The van der Waals surface area contributed by atoms with Crippen molar-refractivity contribution in [1.29, 1.82) is 0 Å². The molecule has 2 heterocycles. The first-order valence-corrected chi connectivity index (χ1v) is 7.06. The van der Waals surface area contributed by atoms with Crippen LogP contribution in [0.1, 0.15) is 19.3 Å². The lowest BCUT2D eigenvalue weighted by molar-refractivity contribution is -0.274. The molecule has 1 saturated heterocycles. The molecule has 1 aromatic rings. The standard InChI is InChI=1S/C14H16F3N3O2/c15-14(16,17)22-10-1-2-19-11(4-10)20-12(21)3-9-5-13(6-9)7-18-8-13/h1-2,4,9,18H,3,5-8H2,(H,19,20,21). The number of nitrogens with zero attached hydrogens (tertiary/aromatic N) is 1. The largest absolute Gasteiger partial charge is 0.573 e. The molecule has 5 nitrogen and oxygen atoms in total. The van der Waals surface area contributed by atoms with E-state index in [9.17, 15) is 18.0 Å². The third kappa shape index (κ3) is 3.49. The van der Waals surface area contributed by atoms with Gasteiger partial charge in [0.15, 0.2) is 0 Å². The molecule has 0 unspecified atom stereocenters. The van der Waals surface area contributed by atoms with Gasteiger partial charge in [0.2, 0.25) is 5.91 Å². The smallest absolute Gasteiger partial charge is 0.406 e. The third-order valence-electron chi connectivity index (χ3n) is 4.15. The summed E-state index contributed by atoms with van der Waals surface area (Å²) in [5, 5.41) is 5.74. The van der Waals surface area contributed by atoms with E-state index in [-0.39, 0.29) is 11.7 Å². The van der Waals surface area contributed by atoms with Crippen molar-refractivity contribution in [1.82, 2.24) is 10.3 Å². The summed E-state index contributed by atoms with van der Waals surface area (Å²) in [4.78, 5) is 15.7. The second-order valence-corrected chi connectivity index (χ2v) is 6.05. The Labute approximate surface area is 125 Å². The van der Waals surface area contributed by atoms with E-state index in [4.69, 9.17) is 0 Å². The number of alkyl halides is 3. The molecule has 22 heavy (non-hydrogen) atoms. The summed E-state index contributed by atoms with van der Waals surface area (Å²) in [6.07, 6.45) is -1.18. The second kappa shape index (κ2) is 5.42. The Balaban J connectivity index is 1.50. The molecule has 1 amide bonds. The first kappa shape index (κ1) is 15.1. The lowest BCUT2D eigenvalue weighted by Crippen LogP contribution is -2.60. The van der Waals surface area contributed by atoms with E-state index in [1.807, 2.05) is 0 Å². The van der Waals surface area contributed by atoms with Crippen LogP contribution in [0, 0.1) is 11.3 Å². The van der Waals surface area contributed by atoms with Gasteiger partial charge in [-0.05, 0) is 30.2 Å². The Morgan fingerprint density at radius 2 is 2.18 bits per heavy atom. The Kier molecular flexibility index (Phi) is 3.72. The van der Waals surface area contributed by atoms with Crippen molar-refractivity contribution in [2.45, 2.75) is 25.6 Å². The van der Waals surface area contributed by atoms with Crippen LogP contribution in [0.25, 0.3) is 0 Å². The summed E-state index contributed by atoms with van der Waals surface area (Å²) >= 11 is 0. The first-order chi connectivity index (χ1) is 10.3. The minimum atomic E-state index is -4.76. The SMILES string of the molecule is O=C(CC1CC2(CNC2)C1)Nc1cc(OC(F)(F)F)ccn1. The van der Waals surface area contributed by atoms with Gasteiger partial charge in [-0.25, -0.2) is 4.98 Å². The minimum Gasteiger partial charge on any atom is -0.406 e. The molecule has 8 heteroatoms. The number of ether oxygens (including phenoxy) is 1. The lowest BCUT2D eigenvalue weighted by Gasteiger charge is -2.54. The molecule has 120 valence electrons. The van der Waals surface area contributed by atoms with E-state index < -0.39 is 12.1 Å². The van der Waals surface area contributed by atoms with Crippen molar-refractivity contribution in [3.63, 3.8) is 0 Å². The van der Waals surface area contributed by atoms with E-state index in [1.54, 1.807) is 0 Å². The number of rotatable bonds is 4. The molecule has 1 aliphatic heterocycles. The molecular formula is C14H16F3N3O2. The summed E-state index contributed by atoms with van der Waals surface area (Å²) in [7, 11) is 0. The number of anilines is 1. The van der Waals surface area contributed by atoms with Gasteiger partial charge in [0.1, 0.15) is 11.6 Å². The molecule has 0 radical (unpaired) electrons. The maximum Gasteiger partial charge on any atom is 0.573 e. The summed E-state index contributed by atoms with van der Waals surface area (Å²) in [5.41, 5.74) is 0.393. The van der Waals surface area contributed by atoms with Crippen molar-refractivity contribution in [2.75, 3.05) is 18.4 Å². The van der Waals surface area contributed by atoms with Crippen molar-refractivity contribution in [3.8, 4) is 5.75 Å². The van der Waals surface area contributed by atoms with Crippen LogP contribution in [0.3, 0.4) is 0 Å². The molecule has 1 aromatic heterocycles. The van der Waals surface area contributed by atoms with Gasteiger partial charge in [-0.3, -0.25) is 4.79 Å². The van der Waals surface area contributed by atoms with Gasteiger partial charge in [-0.1, -0.05) is 0 Å². The number of amides is 1. The van der Waals surface area contributed by atoms with E-state index in [0.29, 0.717) is 17.8 Å². The topological polar surface area (TPSA) is 63.2 Å². The quantitative estimate of drug-likeness (QED) is 0.895. The fourth-order valence-electron chi connectivity index (χ4n) is 3.21. The zero-order chi connectivity index (χ0) is 15.8. The Bertz CT molecular complexity index is 565. The number of hydrogen-bond acceptors (Lipinski definition) is 4. The van der Waals surface area contributed by atoms with Crippen molar-refractivity contribution >= 4 is 11.7 Å². The fraction of sp³-hybridized carbons (Fsp3) is 0.571. The molecule has 1 spiro atoms. The van der Waals surface area contributed by atoms with E-state index >= 15 is 0 Å². The number of hydrogen-bond donors (Lipinski definition) is 2. The van der Waals surface area contributed by atoms with Crippen LogP contribution in [0.4, 0.5) is 19.0 Å². The Morgan fingerprint density at radius 1 is 1.45 bits per heavy atom. The highest BCUT2D eigenvalue weighted by atomic mass is 19.4. The maximum absolute atomic E-state index is 12.1. The monoisotopic (exact) mass is 315 g/mol. The van der Waals surface area contributed by atoms with Gasteiger partial charge in [-0.2, -0.15) is 0 Å². The van der Waals surface area contributed by atoms with Crippen molar-refractivity contribution in [3.05, 3.63) is 18.3 Å². The Morgan fingerprint density at radius 3 is 2.77 bits per heavy atom. The van der Waals surface area contributed by atoms with Gasteiger partial charge in [0.05, 0.1) is 0 Å². The van der Waals surface area contributed by atoms with Gasteiger partial charge >= 0.3 is 6.36 Å². The molecule has 1 saturated carbocycles. The third-order valence-corrected chi connectivity index (χ3v) is 4.15. The van der Waals surface area contributed by atoms with Crippen molar-refractivity contribution in [2.24, 2.45) is 11.3 Å². The van der Waals surface area contributed by atoms with Crippen LogP contribution >= 0.6 is 0 Å². The van der Waals surface area contributed by atoms with Crippen LogP contribution in [0.2, 0.25) is 0 Å². The first-order valence-electron chi connectivity index (χ1n) is 7.06. The van der Waals surface area contributed by atoms with Crippen LogP contribution < -0.4 is 15.4 Å². The average Bonchev–Trinajstić information content (AvgIpc) is 2.29. The van der Waals surface area contributed by atoms with Gasteiger partial charge in [0.25, 0.3) is 0 Å². The number of aromatic nitrogens is 1. The molecule has 0 bridgehead atoms. The second-order valence-electron chi connectivity index (χ2n) is 6.05.